The van der Waals surface area contributed by atoms with Gasteiger partial charge in [0.1, 0.15) is 17.3 Å². The Kier molecular flexibility index (Phi) is 4.59. The molecular formula is C23H23N5O2. The van der Waals surface area contributed by atoms with Gasteiger partial charge >= 0.3 is 0 Å². The number of nitrogens with one attached hydrogen (secondary N) is 1. The van der Waals surface area contributed by atoms with Crippen molar-refractivity contribution in [3.63, 3.8) is 0 Å². The molecule has 3 aromatic heterocycles. The van der Waals surface area contributed by atoms with Gasteiger partial charge in [-0.3, -0.25) is 9.69 Å². The molecule has 1 aromatic carbocycles. The first-order valence-corrected chi connectivity index (χ1v) is 10.1. The van der Waals surface area contributed by atoms with E-state index in [1.54, 1.807) is 0 Å². The van der Waals surface area contributed by atoms with Crippen molar-refractivity contribution < 1.29 is 4.42 Å². The number of aromatic nitrogens is 4. The Morgan fingerprint density at radius 1 is 1.13 bits per heavy atom. The minimum Gasteiger partial charge on any atom is -0.460 e. The number of fused-ring (bicyclic) bond motifs is 1. The van der Waals surface area contributed by atoms with Crippen LogP contribution in [0.5, 0.6) is 0 Å². The van der Waals surface area contributed by atoms with Crippen molar-refractivity contribution in [2.75, 3.05) is 6.54 Å². The van der Waals surface area contributed by atoms with Gasteiger partial charge in [-0.15, -0.1) is 0 Å². The molecule has 0 bridgehead atoms. The molecule has 0 unspecified atom stereocenters. The van der Waals surface area contributed by atoms with E-state index in [1.807, 2.05) is 61.0 Å². The van der Waals surface area contributed by atoms with E-state index in [2.05, 4.69) is 21.1 Å². The zero-order valence-corrected chi connectivity index (χ0v) is 17.1. The third-order valence-electron chi connectivity index (χ3n) is 5.44. The van der Waals surface area contributed by atoms with E-state index in [1.165, 1.54) is 0 Å². The van der Waals surface area contributed by atoms with Gasteiger partial charge in [-0.25, -0.2) is 9.67 Å². The minimum atomic E-state index is -0.0379. The first-order valence-electron chi connectivity index (χ1n) is 10.1. The standard InChI is InChI=1S/C23H23N5O2/c1-15-8-9-21(30-15)22-17(13-28(26-22)18-6-4-3-5-7-18)12-27-11-10-20-19(14-27)23(29)25-16(2)24-20/h3-9,13H,10-12,14H2,1-2H3,(H,24,25,29). The number of para-hydroxylation sites is 1. The van der Waals surface area contributed by atoms with Crippen LogP contribution in [0.2, 0.25) is 0 Å². The van der Waals surface area contributed by atoms with Crippen LogP contribution in [0.4, 0.5) is 0 Å². The Balaban J connectivity index is 1.49. The SMILES string of the molecule is Cc1nc2c(c(=O)[nH]1)CN(Cc1cn(-c3ccccc3)nc1-c1ccc(C)o1)CC2. The highest BCUT2D eigenvalue weighted by Crippen LogP contribution is 2.28. The van der Waals surface area contributed by atoms with Crippen LogP contribution in [-0.2, 0) is 19.5 Å². The topological polar surface area (TPSA) is 80.0 Å². The van der Waals surface area contributed by atoms with Gasteiger partial charge in [0.15, 0.2) is 5.76 Å². The Hall–Kier alpha value is -3.45. The normalized spacial score (nSPS) is 14.1. The average molecular weight is 401 g/mol. The average Bonchev–Trinajstić information content (AvgIpc) is 3.35. The summed E-state index contributed by atoms with van der Waals surface area (Å²) in [6, 6.07) is 13.9. The molecule has 0 atom stereocenters. The number of rotatable bonds is 4. The predicted octanol–water partition coefficient (Wildman–Crippen LogP) is 3.39. The first-order chi connectivity index (χ1) is 14.6. The number of nitrogens with zero attached hydrogens (tertiary/aromatic N) is 4. The van der Waals surface area contributed by atoms with Crippen LogP contribution in [0.1, 0.15) is 28.4 Å². The van der Waals surface area contributed by atoms with E-state index in [9.17, 15) is 4.79 Å². The number of hydrogen-bond acceptors (Lipinski definition) is 5. The van der Waals surface area contributed by atoms with E-state index in [0.717, 1.165) is 52.7 Å². The predicted molar refractivity (Wildman–Crippen MR) is 113 cm³/mol. The van der Waals surface area contributed by atoms with Gasteiger partial charge in [-0.05, 0) is 38.1 Å². The fourth-order valence-electron chi connectivity index (χ4n) is 3.99. The van der Waals surface area contributed by atoms with E-state index in [4.69, 9.17) is 9.52 Å². The Morgan fingerprint density at radius 2 is 1.97 bits per heavy atom. The van der Waals surface area contributed by atoms with Gasteiger partial charge in [-0.2, -0.15) is 5.10 Å². The lowest BCUT2D eigenvalue weighted by molar-refractivity contribution is 0.241. The van der Waals surface area contributed by atoms with E-state index < -0.39 is 0 Å². The molecule has 0 spiro atoms. The largest absolute Gasteiger partial charge is 0.460 e. The highest BCUT2D eigenvalue weighted by molar-refractivity contribution is 5.58. The molecule has 1 aliphatic heterocycles. The maximum Gasteiger partial charge on any atom is 0.255 e. The van der Waals surface area contributed by atoms with Crippen LogP contribution in [0.3, 0.4) is 0 Å². The first kappa shape index (κ1) is 18.6. The molecule has 4 heterocycles. The molecule has 0 saturated carbocycles. The zero-order chi connectivity index (χ0) is 20.7. The van der Waals surface area contributed by atoms with Crippen LogP contribution < -0.4 is 5.56 Å². The highest BCUT2D eigenvalue weighted by Gasteiger charge is 2.23. The van der Waals surface area contributed by atoms with Crippen molar-refractivity contribution in [1.82, 2.24) is 24.6 Å². The van der Waals surface area contributed by atoms with Crippen molar-refractivity contribution in [3.8, 4) is 17.1 Å². The molecule has 1 N–H and O–H groups in total. The number of aromatic amines is 1. The molecule has 7 nitrogen and oxygen atoms in total. The summed E-state index contributed by atoms with van der Waals surface area (Å²) in [6.07, 6.45) is 2.82. The Morgan fingerprint density at radius 3 is 2.73 bits per heavy atom. The molecule has 0 fully saturated rings. The number of benzene rings is 1. The fourth-order valence-corrected chi connectivity index (χ4v) is 3.99. The van der Waals surface area contributed by atoms with Crippen molar-refractivity contribution >= 4 is 0 Å². The third kappa shape index (κ3) is 3.48. The molecule has 0 amide bonds. The van der Waals surface area contributed by atoms with Crippen LogP contribution in [0.25, 0.3) is 17.1 Å². The highest BCUT2D eigenvalue weighted by atomic mass is 16.3. The van der Waals surface area contributed by atoms with Crippen molar-refractivity contribution in [2.45, 2.75) is 33.4 Å². The van der Waals surface area contributed by atoms with E-state index in [-0.39, 0.29) is 5.56 Å². The molecule has 0 saturated heterocycles. The van der Waals surface area contributed by atoms with Crippen molar-refractivity contribution in [1.29, 1.82) is 0 Å². The molecule has 1 aliphatic rings. The Bertz CT molecular complexity index is 1250. The lowest BCUT2D eigenvalue weighted by atomic mass is 10.1. The second kappa shape index (κ2) is 7.42. The molecule has 5 rings (SSSR count). The van der Waals surface area contributed by atoms with Gasteiger partial charge in [0.2, 0.25) is 0 Å². The molecule has 4 aromatic rings. The molecule has 152 valence electrons. The third-order valence-corrected chi connectivity index (χ3v) is 5.44. The summed E-state index contributed by atoms with van der Waals surface area (Å²) >= 11 is 0. The summed E-state index contributed by atoms with van der Waals surface area (Å²) in [5, 5.41) is 4.82. The quantitative estimate of drug-likeness (QED) is 0.567. The van der Waals surface area contributed by atoms with E-state index in [0.29, 0.717) is 18.9 Å². The number of furan rings is 1. The molecule has 7 heteroatoms. The van der Waals surface area contributed by atoms with Crippen LogP contribution in [-0.4, -0.2) is 31.2 Å². The van der Waals surface area contributed by atoms with Crippen molar-refractivity contribution in [2.24, 2.45) is 0 Å². The van der Waals surface area contributed by atoms with Crippen LogP contribution in [0.15, 0.2) is 57.9 Å². The van der Waals surface area contributed by atoms with Gasteiger partial charge < -0.3 is 9.40 Å². The summed E-state index contributed by atoms with van der Waals surface area (Å²) in [7, 11) is 0. The van der Waals surface area contributed by atoms with Crippen LogP contribution in [0, 0.1) is 13.8 Å². The molecular weight excluding hydrogens is 378 g/mol. The maximum atomic E-state index is 12.4. The summed E-state index contributed by atoms with van der Waals surface area (Å²) in [6.45, 7) is 5.85. The Labute approximate surface area is 174 Å². The van der Waals surface area contributed by atoms with E-state index >= 15 is 0 Å². The summed E-state index contributed by atoms with van der Waals surface area (Å²) in [5.74, 6) is 2.28. The van der Waals surface area contributed by atoms with Gasteiger partial charge in [-0.1, -0.05) is 18.2 Å². The number of aryl methyl sites for hydroxylation is 2. The molecule has 30 heavy (non-hydrogen) atoms. The smallest absolute Gasteiger partial charge is 0.255 e. The second-order valence-electron chi connectivity index (χ2n) is 7.73. The maximum absolute atomic E-state index is 12.4. The molecule has 0 aliphatic carbocycles. The number of H-pyrrole nitrogens is 1. The zero-order valence-electron chi connectivity index (χ0n) is 17.1. The van der Waals surface area contributed by atoms with Gasteiger partial charge in [0.25, 0.3) is 5.56 Å². The van der Waals surface area contributed by atoms with Gasteiger partial charge in [0, 0.05) is 37.8 Å². The van der Waals surface area contributed by atoms with Gasteiger partial charge in [0.05, 0.1) is 16.9 Å². The summed E-state index contributed by atoms with van der Waals surface area (Å²) in [5.41, 5.74) is 4.52. The monoisotopic (exact) mass is 401 g/mol. The lowest BCUT2D eigenvalue weighted by Gasteiger charge is -2.27. The van der Waals surface area contributed by atoms with Crippen molar-refractivity contribution in [3.05, 3.63) is 87.4 Å². The lowest BCUT2D eigenvalue weighted by Crippen LogP contribution is -2.35. The number of hydrogen-bond donors (Lipinski definition) is 1. The molecule has 0 radical (unpaired) electrons. The second-order valence-corrected chi connectivity index (χ2v) is 7.73. The minimum absolute atomic E-state index is 0.0379. The van der Waals surface area contributed by atoms with Crippen LogP contribution >= 0.6 is 0 Å². The fraction of sp³-hybridized carbons (Fsp3) is 0.261. The summed E-state index contributed by atoms with van der Waals surface area (Å²) in [4.78, 5) is 22.0. The summed E-state index contributed by atoms with van der Waals surface area (Å²) < 4.78 is 7.76.